The Morgan fingerprint density at radius 3 is 2.62 bits per heavy atom. The normalized spacial score (nSPS) is 11.1. The van der Waals surface area contributed by atoms with Crippen molar-refractivity contribution < 1.29 is 4.79 Å². The van der Waals surface area contributed by atoms with Crippen molar-refractivity contribution in [3.63, 3.8) is 0 Å². The van der Waals surface area contributed by atoms with E-state index in [1.54, 1.807) is 31.3 Å². The van der Waals surface area contributed by atoms with Crippen molar-refractivity contribution in [2.24, 2.45) is 0 Å². The predicted molar refractivity (Wildman–Crippen MR) is 102 cm³/mol. The zero-order valence-corrected chi connectivity index (χ0v) is 15.3. The largest absolute Gasteiger partial charge is 0.354 e. The number of hydrogen-bond acceptors (Lipinski definition) is 4. The molecule has 0 unspecified atom stereocenters. The second-order valence-corrected chi connectivity index (χ2v) is 6.50. The molecule has 0 aliphatic heterocycles. The molecule has 0 bridgehead atoms. The topological polar surface area (TPSA) is 67.2 Å². The van der Waals surface area contributed by atoms with Gasteiger partial charge in [-0.05, 0) is 30.8 Å². The molecule has 0 aliphatic rings. The average Bonchev–Trinajstić information content (AvgIpc) is 2.63. The Balaban J connectivity index is 1.95. The number of carbonyl (C=O) groups excluding carboxylic acids is 1. The molecule has 7 heteroatoms. The summed E-state index contributed by atoms with van der Waals surface area (Å²) in [6.07, 6.45) is 0. The Labute approximate surface area is 156 Å². The minimum atomic E-state index is -0.326. The second-order valence-electron chi connectivity index (χ2n) is 6.06. The molecule has 0 radical (unpaired) electrons. The van der Waals surface area contributed by atoms with Gasteiger partial charge in [-0.3, -0.25) is 14.5 Å². The van der Waals surface area contributed by atoms with E-state index in [0.717, 1.165) is 5.56 Å². The van der Waals surface area contributed by atoms with Gasteiger partial charge in [0.05, 0.1) is 12.1 Å². The number of rotatable bonds is 5. The van der Waals surface area contributed by atoms with Gasteiger partial charge in [-0.1, -0.05) is 41.9 Å². The lowest BCUT2D eigenvalue weighted by molar-refractivity contribution is 0.0956. The first-order valence-corrected chi connectivity index (χ1v) is 8.52. The highest BCUT2D eigenvalue weighted by molar-refractivity contribution is 6.30. The highest BCUT2D eigenvalue weighted by Crippen LogP contribution is 2.14. The van der Waals surface area contributed by atoms with Crippen LogP contribution in [0.3, 0.4) is 0 Å². The van der Waals surface area contributed by atoms with Gasteiger partial charge in [-0.15, -0.1) is 0 Å². The van der Waals surface area contributed by atoms with Crippen LogP contribution in [0.2, 0.25) is 5.02 Å². The molecule has 0 atom stereocenters. The van der Waals surface area contributed by atoms with E-state index < -0.39 is 0 Å². The number of amides is 1. The van der Waals surface area contributed by atoms with Crippen molar-refractivity contribution in [3.05, 3.63) is 75.2 Å². The van der Waals surface area contributed by atoms with E-state index in [2.05, 4.69) is 10.4 Å². The monoisotopic (exact) mass is 370 g/mol. The van der Waals surface area contributed by atoms with Crippen LogP contribution in [-0.4, -0.2) is 34.7 Å². The van der Waals surface area contributed by atoms with Crippen LogP contribution in [0.25, 0.3) is 10.8 Å². The fourth-order valence-corrected chi connectivity index (χ4v) is 3.06. The third-order valence-corrected chi connectivity index (χ3v) is 4.26. The lowest BCUT2D eigenvalue weighted by Gasteiger charge is -2.18. The average molecular weight is 371 g/mol. The fourth-order valence-electron chi connectivity index (χ4n) is 2.84. The minimum Gasteiger partial charge on any atom is -0.354 e. The number of halogens is 1. The summed E-state index contributed by atoms with van der Waals surface area (Å²) in [6, 6.07) is 14.5. The van der Waals surface area contributed by atoms with Crippen molar-refractivity contribution >= 4 is 28.3 Å². The molecule has 3 aromatic rings. The standard InChI is InChI=1S/C19H19ClN4O2/c1-21-18(25)17-15-8-3-4-9-16(15)19(26)24(22-17)12-23(2)11-13-6-5-7-14(20)10-13/h3-10H,11-12H2,1-2H3,(H,21,25). The summed E-state index contributed by atoms with van der Waals surface area (Å²) in [6.45, 7) is 0.844. The summed E-state index contributed by atoms with van der Waals surface area (Å²) in [4.78, 5) is 26.9. The summed E-state index contributed by atoms with van der Waals surface area (Å²) in [5.41, 5.74) is 1.03. The Hall–Kier alpha value is -2.70. The maximum absolute atomic E-state index is 12.8. The number of nitrogens with zero attached hydrogens (tertiary/aromatic N) is 3. The van der Waals surface area contributed by atoms with Gasteiger partial charge in [0.25, 0.3) is 11.5 Å². The van der Waals surface area contributed by atoms with E-state index >= 15 is 0 Å². The SMILES string of the molecule is CNC(=O)c1nn(CN(C)Cc2cccc(Cl)c2)c(=O)c2ccccc12. The molecule has 0 saturated carbocycles. The van der Waals surface area contributed by atoms with Gasteiger partial charge in [0.15, 0.2) is 5.69 Å². The van der Waals surface area contributed by atoms with Gasteiger partial charge in [0.2, 0.25) is 0 Å². The Morgan fingerprint density at radius 1 is 1.19 bits per heavy atom. The maximum Gasteiger partial charge on any atom is 0.275 e. The number of benzene rings is 2. The van der Waals surface area contributed by atoms with E-state index in [0.29, 0.717) is 22.3 Å². The van der Waals surface area contributed by atoms with E-state index in [-0.39, 0.29) is 23.8 Å². The minimum absolute atomic E-state index is 0.230. The first-order chi connectivity index (χ1) is 12.5. The van der Waals surface area contributed by atoms with E-state index in [1.165, 1.54) is 4.68 Å². The van der Waals surface area contributed by atoms with E-state index in [1.807, 2.05) is 36.2 Å². The zero-order chi connectivity index (χ0) is 18.7. The summed E-state index contributed by atoms with van der Waals surface area (Å²) >= 11 is 6.02. The molecule has 1 aromatic heterocycles. The molecule has 0 fully saturated rings. The van der Waals surface area contributed by atoms with E-state index in [4.69, 9.17) is 11.6 Å². The molecule has 0 spiro atoms. The van der Waals surface area contributed by atoms with Crippen molar-refractivity contribution in [1.82, 2.24) is 20.0 Å². The number of fused-ring (bicyclic) bond motifs is 1. The molecule has 134 valence electrons. The van der Waals surface area contributed by atoms with Crippen molar-refractivity contribution in [2.75, 3.05) is 14.1 Å². The maximum atomic E-state index is 12.8. The van der Waals surface area contributed by atoms with Gasteiger partial charge in [-0.2, -0.15) is 5.10 Å². The molecular weight excluding hydrogens is 352 g/mol. The number of hydrogen-bond donors (Lipinski definition) is 1. The highest BCUT2D eigenvalue weighted by atomic mass is 35.5. The van der Waals surface area contributed by atoms with Crippen molar-refractivity contribution in [2.45, 2.75) is 13.2 Å². The van der Waals surface area contributed by atoms with Crippen LogP contribution in [0.1, 0.15) is 16.1 Å². The third-order valence-electron chi connectivity index (χ3n) is 4.03. The highest BCUT2D eigenvalue weighted by Gasteiger charge is 2.16. The quantitative estimate of drug-likeness (QED) is 0.749. The van der Waals surface area contributed by atoms with Gasteiger partial charge in [0, 0.05) is 24.0 Å². The molecule has 3 rings (SSSR count). The lowest BCUT2D eigenvalue weighted by atomic mass is 10.1. The summed E-state index contributed by atoms with van der Waals surface area (Å²) in [5, 5.41) is 8.55. The van der Waals surface area contributed by atoms with Crippen LogP contribution in [0.4, 0.5) is 0 Å². The zero-order valence-electron chi connectivity index (χ0n) is 14.6. The first-order valence-electron chi connectivity index (χ1n) is 8.14. The Morgan fingerprint density at radius 2 is 1.92 bits per heavy atom. The Bertz CT molecular complexity index is 1020. The predicted octanol–water partition coefficient (Wildman–Crippen LogP) is 2.50. The molecule has 26 heavy (non-hydrogen) atoms. The van der Waals surface area contributed by atoms with Gasteiger partial charge < -0.3 is 5.32 Å². The molecule has 0 saturated heterocycles. The van der Waals surface area contributed by atoms with Crippen LogP contribution in [0.5, 0.6) is 0 Å². The molecular formula is C19H19ClN4O2. The number of carbonyl (C=O) groups is 1. The van der Waals surface area contributed by atoms with E-state index in [9.17, 15) is 9.59 Å². The molecule has 0 aliphatic carbocycles. The van der Waals surface area contributed by atoms with Crippen LogP contribution < -0.4 is 10.9 Å². The number of aromatic nitrogens is 2. The van der Waals surface area contributed by atoms with Crippen LogP contribution in [0, 0.1) is 0 Å². The first kappa shape index (κ1) is 18.1. The van der Waals surface area contributed by atoms with Crippen LogP contribution in [-0.2, 0) is 13.2 Å². The van der Waals surface area contributed by atoms with Crippen molar-refractivity contribution in [1.29, 1.82) is 0 Å². The summed E-state index contributed by atoms with van der Waals surface area (Å²) in [7, 11) is 3.42. The molecule has 1 heterocycles. The summed E-state index contributed by atoms with van der Waals surface area (Å²) in [5.74, 6) is -0.326. The van der Waals surface area contributed by atoms with Gasteiger partial charge in [-0.25, -0.2) is 4.68 Å². The lowest BCUT2D eigenvalue weighted by Crippen LogP contribution is -2.34. The third kappa shape index (κ3) is 3.76. The van der Waals surface area contributed by atoms with Crippen LogP contribution in [0.15, 0.2) is 53.3 Å². The molecule has 6 nitrogen and oxygen atoms in total. The summed E-state index contributed by atoms with van der Waals surface area (Å²) < 4.78 is 1.32. The molecule has 1 N–H and O–H groups in total. The smallest absolute Gasteiger partial charge is 0.275 e. The molecule has 2 aromatic carbocycles. The number of nitrogens with one attached hydrogen (secondary N) is 1. The Kier molecular flexibility index (Phi) is 5.35. The van der Waals surface area contributed by atoms with Crippen LogP contribution >= 0.6 is 11.6 Å². The van der Waals surface area contributed by atoms with Gasteiger partial charge in [0.1, 0.15) is 0 Å². The second kappa shape index (κ2) is 7.68. The fraction of sp³-hybridized carbons (Fsp3) is 0.211. The van der Waals surface area contributed by atoms with Crippen molar-refractivity contribution in [3.8, 4) is 0 Å². The molecule has 1 amide bonds. The van der Waals surface area contributed by atoms with Gasteiger partial charge >= 0.3 is 0 Å².